The second kappa shape index (κ2) is 8.40. The third kappa shape index (κ3) is 5.36. The smallest absolute Gasteiger partial charge is 0.191 e. The molecule has 0 radical (unpaired) electrons. The van der Waals surface area contributed by atoms with Crippen LogP contribution >= 0.6 is 0 Å². The van der Waals surface area contributed by atoms with Crippen molar-refractivity contribution in [3.05, 3.63) is 60.1 Å². The minimum atomic E-state index is -2.94. The maximum atomic E-state index is 11.7. The first-order chi connectivity index (χ1) is 12.5. The van der Waals surface area contributed by atoms with E-state index in [1.807, 2.05) is 30.3 Å². The van der Waals surface area contributed by atoms with Crippen molar-refractivity contribution in [2.75, 3.05) is 18.1 Å². The molecule has 1 aliphatic heterocycles. The number of nitrogens with zero attached hydrogens (tertiary/aromatic N) is 1. The number of furan rings is 1. The van der Waals surface area contributed by atoms with Crippen LogP contribution < -0.4 is 10.6 Å². The van der Waals surface area contributed by atoms with Crippen LogP contribution in [0.1, 0.15) is 30.7 Å². The molecule has 2 aromatic rings. The first-order valence-corrected chi connectivity index (χ1v) is 10.7. The fourth-order valence-corrected chi connectivity index (χ4v) is 4.67. The molecule has 6 nitrogen and oxygen atoms in total. The lowest BCUT2D eigenvalue weighted by atomic mass is 10.1. The van der Waals surface area contributed by atoms with Gasteiger partial charge in [-0.3, -0.25) is 4.99 Å². The molecule has 1 aromatic carbocycles. The minimum absolute atomic E-state index is 0.0593. The summed E-state index contributed by atoms with van der Waals surface area (Å²) < 4.78 is 28.8. The van der Waals surface area contributed by atoms with Gasteiger partial charge in [-0.05, 0) is 31.0 Å². The van der Waals surface area contributed by atoms with E-state index in [0.29, 0.717) is 25.3 Å². The third-order valence-electron chi connectivity index (χ3n) is 4.43. The molecule has 2 heterocycles. The summed E-state index contributed by atoms with van der Waals surface area (Å²) in [6, 6.07) is 13.8. The average Bonchev–Trinajstić information content (AvgIpc) is 3.25. The van der Waals surface area contributed by atoms with E-state index in [0.717, 1.165) is 11.3 Å². The summed E-state index contributed by atoms with van der Waals surface area (Å²) in [5, 5.41) is 6.66. The lowest BCUT2D eigenvalue weighted by Gasteiger charge is -2.21. The van der Waals surface area contributed by atoms with Gasteiger partial charge in [0.05, 0.1) is 23.8 Å². The number of aliphatic imine (C=N–C) groups is 1. The van der Waals surface area contributed by atoms with Crippen LogP contribution in [0.25, 0.3) is 0 Å². The molecular weight excluding hydrogens is 350 g/mol. The van der Waals surface area contributed by atoms with Gasteiger partial charge in [-0.2, -0.15) is 0 Å². The molecule has 140 valence electrons. The van der Waals surface area contributed by atoms with E-state index in [-0.39, 0.29) is 23.6 Å². The van der Waals surface area contributed by atoms with Gasteiger partial charge < -0.3 is 15.1 Å². The topological polar surface area (TPSA) is 83.7 Å². The molecule has 2 unspecified atom stereocenters. The average molecular weight is 375 g/mol. The second-order valence-electron chi connectivity index (χ2n) is 6.58. The van der Waals surface area contributed by atoms with Crippen LogP contribution in [0.3, 0.4) is 0 Å². The zero-order valence-corrected chi connectivity index (χ0v) is 15.7. The summed E-state index contributed by atoms with van der Waals surface area (Å²) in [5.74, 6) is 1.91. The molecule has 0 amide bonds. The fourth-order valence-electron chi connectivity index (χ4n) is 3.00. The van der Waals surface area contributed by atoms with Crippen LogP contribution in [0.5, 0.6) is 0 Å². The van der Waals surface area contributed by atoms with Crippen LogP contribution in [0.4, 0.5) is 0 Å². The summed E-state index contributed by atoms with van der Waals surface area (Å²) in [6.45, 7) is 2.62. The Labute approximate surface area is 154 Å². The highest BCUT2D eigenvalue weighted by atomic mass is 32.2. The van der Waals surface area contributed by atoms with Crippen molar-refractivity contribution in [1.82, 2.24) is 10.6 Å². The van der Waals surface area contributed by atoms with E-state index in [4.69, 9.17) is 4.42 Å². The molecule has 1 fully saturated rings. The monoisotopic (exact) mass is 375 g/mol. The Morgan fingerprint density at radius 2 is 2.08 bits per heavy atom. The van der Waals surface area contributed by atoms with Crippen LogP contribution in [0.2, 0.25) is 0 Å². The fraction of sp³-hybridized carbons (Fsp3) is 0.421. The number of hydrogen-bond acceptors (Lipinski definition) is 4. The van der Waals surface area contributed by atoms with Crippen LogP contribution in [0.15, 0.2) is 58.1 Å². The van der Waals surface area contributed by atoms with Crippen molar-refractivity contribution in [3.8, 4) is 0 Å². The number of nitrogens with one attached hydrogen (secondary N) is 2. The summed E-state index contributed by atoms with van der Waals surface area (Å²) in [6.07, 6.45) is 2.96. The lowest BCUT2D eigenvalue weighted by Crippen LogP contribution is -2.45. The highest BCUT2D eigenvalue weighted by molar-refractivity contribution is 7.91. The Hall–Kier alpha value is -2.28. The number of benzene rings is 1. The van der Waals surface area contributed by atoms with E-state index in [9.17, 15) is 8.42 Å². The Balaban J connectivity index is 1.65. The molecule has 0 bridgehead atoms. The third-order valence-corrected chi connectivity index (χ3v) is 6.20. The molecule has 2 N–H and O–H groups in total. The molecular formula is C19H25N3O3S. The summed E-state index contributed by atoms with van der Waals surface area (Å²) in [4.78, 5) is 4.61. The summed E-state index contributed by atoms with van der Waals surface area (Å²) >= 11 is 0. The quantitative estimate of drug-likeness (QED) is 0.598. The molecule has 7 heteroatoms. The molecule has 0 spiro atoms. The van der Waals surface area contributed by atoms with Crippen molar-refractivity contribution in [2.24, 2.45) is 4.99 Å². The maximum Gasteiger partial charge on any atom is 0.191 e. The minimum Gasteiger partial charge on any atom is -0.469 e. The first kappa shape index (κ1) is 18.5. The predicted octanol–water partition coefficient (Wildman–Crippen LogP) is 2.31. The van der Waals surface area contributed by atoms with Crippen molar-refractivity contribution in [1.29, 1.82) is 0 Å². The van der Waals surface area contributed by atoms with Gasteiger partial charge >= 0.3 is 0 Å². The summed E-state index contributed by atoms with van der Waals surface area (Å²) in [7, 11) is -2.94. The second-order valence-corrected chi connectivity index (χ2v) is 8.81. The van der Waals surface area contributed by atoms with E-state index in [1.165, 1.54) is 0 Å². The first-order valence-electron chi connectivity index (χ1n) is 8.87. The SMILES string of the molecule is CC(NC(=NCCc1ccco1)NC1CCS(=O)(=O)C1)c1ccccc1. The molecule has 0 aliphatic carbocycles. The van der Waals surface area contributed by atoms with Crippen molar-refractivity contribution >= 4 is 15.8 Å². The van der Waals surface area contributed by atoms with Gasteiger partial charge in [0.25, 0.3) is 0 Å². The van der Waals surface area contributed by atoms with E-state index >= 15 is 0 Å². The standard InChI is InChI=1S/C19H25N3O3S/c1-15(16-6-3-2-4-7-16)21-19(20-11-9-18-8-5-12-25-18)22-17-10-13-26(23,24)14-17/h2-8,12,15,17H,9-11,13-14H2,1H3,(H2,20,21,22). The van der Waals surface area contributed by atoms with Crippen molar-refractivity contribution in [3.63, 3.8) is 0 Å². The Bertz CT molecular complexity index is 817. The zero-order valence-electron chi connectivity index (χ0n) is 14.9. The van der Waals surface area contributed by atoms with Gasteiger partial charge in [-0.25, -0.2) is 8.42 Å². The molecule has 1 aliphatic rings. The summed E-state index contributed by atoms with van der Waals surface area (Å²) in [5.41, 5.74) is 1.15. The van der Waals surface area contributed by atoms with Gasteiger partial charge in [0.2, 0.25) is 0 Å². The predicted molar refractivity (Wildman–Crippen MR) is 103 cm³/mol. The number of sulfone groups is 1. The van der Waals surface area contributed by atoms with Gasteiger partial charge in [0.1, 0.15) is 5.76 Å². The van der Waals surface area contributed by atoms with Gasteiger partial charge in [0, 0.05) is 19.0 Å². The van der Waals surface area contributed by atoms with Gasteiger partial charge in [-0.15, -0.1) is 0 Å². The Morgan fingerprint density at radius 1 is 1.27 bits per heavy atom. The van der Waals surface area contributed by atoms with E-state index in [2.05, 4.69) is 34.7 Å². The Morgan fingerprint density at radius 3 is 2.73 bits per heavy atom. The molecule has 3 rings (SSSR count). The highest BCUT2D eigenvalue weighted by Crippen LogP contribution is 2.13. The molecule has 26 heavy (non-hydrogen) atoms. The van der Waals surface area contributed by atoms with Crippen LogP contribution in [0, 0.1) is 0 Å². The molecule has 0 saturated carbocycles. The molecule has 1 aromatic heterocycles. The highest BCUT2D eigenvalue weighted by Gasteiger charge is 2.28. The Kier molecular flexibility index (Phi) is 5.98. The van der Waals surface area contributed by atoms with E-state index in [1.54, 1.807) is 6.26 Å². The van der Waals surface area contributed by atoms with Crippen LogP contribution in [-0.2, 0) is 16.3 Å². The van der Waals surface area contributed by atoms with E-state index < -0.39 is 9.84 Å². The lowest BCUT2D eigenvalue weighted by molar-refractivity contribution is 0.510. The number of guanidine groups is 1. The maximum absolute atomic E-state index is 11.7. The normalized spacial score (nSPS) is 20.7. The zero-order chi connectivity index (χ0) is 18.4. The van der Waals surface area contributed by atoms with Crippen molar-refractivity contribution in [2.45, 2.75) is 31.8 Å². The van der Waals surface area contributed by atoms with Crippen LogP contribution in [-0.4, -0.2) is 38.5 Å². The van der Waals surface area contributed by atoms with Crippen molar-refractivity contribution < 1.29 is 12.8 Å². The number of hydrogen-bond donors (Lipinski definition) is 2. The molecule has 2 atom stereocenters. The molecule has 1 saturated heterocycles. The van der Waals surface area contributed by atoms with Gasteiger partial charge in [0.15, 0.2) is 15.8 Å². The largest absolute Gasteiger partial charge is 0.469 e. The number of rotatable bonds is 6. The van der Waals surface area contributed by atoms with Gasteiger partial charge in [-0.1, -0.05) is 30.3 Å².